The molecule has 2 aromatic rings. The molecule has 24 heavy (non-hydrogen) atoms. The first kappa shape index (κ1) is 17.5. The fraction of sp³-hybridized carbons (Fsp3) is 0.389. The molecular weight excluding hydrogens is 300 g/mol. The topological polar surface area (TPSA) is 78.0 Å². The first-order chi connectivity index (χ1) is 11.6. The molecule has 0 spiro atoms. The lowest BCUT2D eigenvalue weighted by Crippen LogP contribution is -2.37. The van der Waals surface area contributed by atoms with E-state index in [1.54, 1.807) is 7.05 Å². The number of guanidine groups is 1. The Kier molecular flexibility index (Phi) is 6.38. The minimum atomic E-state index is 0.669. The standard InChI is InChI=1S/C18H24N6/c1-14-11-15(2)24(23-14)10-4-9-21-18(20-3)22-13-17-7-5-16(12-19)6-8-17/h5-8,11H,4,9-10,13H2,1-3H3,(H2,20,21,22). The number of aromatic nitrogens is 2. The minimum Gasteiger partial charge on any atom is -0.356 e. The molecule has 0 amide bonds. The van der Waals surface area contributed by atoms with Gasteiger partial charge in [0.15, 0.2) is 5.96 Å². The Labute approximate surface area is 143 Å². The molecule has 2 rings (SSSR count). The normalized spacial score (nSPS) is 11.2. The number of aryl methyl sites for hydroxylation is 3. The number of hydrogen-bond acceptors (Lipinski definition) is 3. The zero-order valence-corrected chi connectivity index (χ0v) is 14.5. The molecule has 0 fully saturated rings. The van der Waals surface area contributed by atoms with E-state index in [-0.39, 0.29) is 0 Å². The Bertz CT molecular complexity index is 721. The Balaban J connectivity index is 1.72. The van der Waals surface area contributed by atoms with Crippen LogP contribution in [0.25, 0.3) is 0 Å². The van der Waals surface area contributed by atoms with Crippen molar-refractivity contribution in [2.75, 3.05) is 13.6 Å². The maximum absolute atomic E-state index is 8.81. The van der Waals surface area contributed by atoms with Crippen LogP contribution in [0, 0.1) is 25.2 Å². The van der Waals surface area contributed by atoms with Crippen LogP contribution < -0.4 is 10.6 Å². The number of nitrogens with zero attached hydrogens (tertiary/aromatic N) is 4. The lowest BCUT2D eigenvalue weighted by molar-refractivity contribution is 0.555. The zero-order chi connectivity index (χ0) is 17.4. The van der Waals surface area contributed by atoms with Gasteiger partial charge in [-0.25, -0.2) is 0 Å². The lowest BCUT2D eigenvalue weighted by atomic mass is 10.1. The van der Waals surface area contributed by atoms with Gasteiger partial charge in [0.2, 0.25) is 0 Å². The maximum atomic E-state index is 8.81. The second-order valence-electron chi connectivity index (χ2n) is 5.67. The molecule has 2 N–H and O–H groups in total. The third-order valence-electron chi connectivity index (χ3n) is 3.71. The van der Waals surface area contributed by atoms with Crippen LogP contribution in [0.5, 0.6) is 0 Å². The smallest absolute Gasteiger partial charge is 0.191 e. The molecule has 0 saturated heterocycles. The molecule has 1 heterocycles. The largest absolute Gasteiger partial charge is 0.356 e. The molecule has 0 bridgehead atoms. The van der Waals surface area contributed by atoms with Gasteiger partial charge in [-0.2, -0.15) is 10.4 Å². The predicted molar refractivity (Wildman–Crippen MR) is 95.7 cm³/mol. The van der Waals surface area contributed by atoms with Crippen LogP contribution in [0.2, 0.25) is 0 Å². The molecule has 6 nitrogen and oxygen atoms in total. The summed E-state index contributed by atoms with van der Waals surface area (Å²) < 4.78 is 2.03. The minimum absolute atomic E-state index is 0.669. The maximum Gasteiger partial charge on any atom is 0.191 e. The Hall–Kier alpha value is -2.81. The fourth-order valence-corrected chi connectivity index (χ4v) is 2.44. The Morgan fingerprint density at radius 2 is 2.00 bits per heavy atom. The summed E-state index contributed by atoms with van der Waals surface area (Å²) in [4.78, 5) is 4.22. The number of benzene rings is 1. The van der Waals surface area contributed by atoms with E-state index in [2.05, 4.69) is 39.8 Å². The van der Waals surface area contributed by atoms with E-state index in [9.17, 15) is 0 Å². The average molecular weight is 324 g/mol. The summed E-state index contributed by atoms with van der Waals surface area (Å²) in [6.45, 7) is 6.47. The summed E-state index contributed by atoms with van der Waals surface area (Å²) in [5.74, 6) is 0.771. The van der Waals surface area contributed by atoms with E-state index < -0.39 is 0 Å². The molecule has 0 radical (unpaired) electrons. The second-order valence-corrected chi connectivity index (χ2v) is 5.67. The van der Waals surface area contributed by atoms with Crippen LogP contribution >= 0.6 is 0 Å². The molecule has 126 valence electrons. The molecule has 6 heteroatoms. The highest BCUT2D eigenvalue weighted by Gasteiger charge is 2.02. The lowest BCUT2D eigenvalue weighted by Gasteiger charge is -2.12. The van der Waals surface area contributed by atoms with Crippen molar-refractivity contribution in [3.8, 4) is 6.07 Å². The van der Waals surface area contributed by atoms with E-state index in [0.29, 0.717) is 12.1 Å². The van der Waals surface area contributed by atoms with Crippen molar-refractivity contribution in [3.05, 3.63) is 52.8 Å². The Morgan fingerprint density at radius 1 is 1.25 bits per heavy atom. The first-order valence-electron chi connectivity index (χ1n) is 8.07. The Morgan fingerprint density at radius 3 is 2.58 bits per heavy atom. The molecule has 1 aromatic heterocycles. The summed E-state index contributed by atoms with van der Waals surface area (Å²) >= 11 is 0. The molecule has 0 saturated carbocycles. The van der Waals surface area contributed by atoms with Gasteiger partial charge in [0.05, 0.1) is 17.3 Å². The van der Waals surface area contributed by atoms with E-state index >= 15 is 0 Å². The van der Waals surface area contributed by atoms with Gasteiger partial charge in [-0.1, -0.05) is 12.1 Å². The fourth-order valence-electron chi connectivity index (χ4n) is 2.44. The monoisotopic (exact) mass is 324 g/mol. The van der Waals surface area contributed by atoms with Gasteiger partial charge in [0.1, 0.15) is 0 Å². The number of rotatable bonds is 6. The van der Waals surface area contributed by atoms with Gasteiger partial charge in [0, 0.05) is 32.4 Å². The van der Waals surface area contributed by atoms with Gasteiger partial charge in [-0.05, 0) is 44.0 Å². The van der Waals surface area contributed by atoms with E-state index in [1.807, 2.05) is 35.9 Å². The quantitative estimate of drug-likeness (QED) is 0.485. The molecule has 0 unspecified atom stereocenters. The highest BCUT2D eigenvalue weighted by atomic mass is 15.3. The summed E-state index contributed by atoms with van der Waals surface area (Å²) in [6, 6.07) is 11.7. The van der Waals surface area contributed by atoms with Crippen LogP contribution in [0.1, 0.15) is 28.9 Å². The second kappa shape index (κ2) is 8.73. The van der Waals surface area contributed by atoms with Crippen LogP contribution in [0.3, 0.4) is 0 Å². The van der Waals surface area contributed by atoms with E-state index in [4.69, 9.17) is 5.26 Å². The van der Waals surface area contributed by atoms with Gasteiger partial charge in [-0.3, -0.25) is 9.67 Å². The van der Waals surface area contributed by atoms with Crippen molar-refractivity contribution < 1.29 is 0 Å². The predicted octanol–water partition coefficient (Wildman–Crippen LogP) is 2.13. The number of nitrogens with one attached hydrogen (secondary N) is 2. The summed E-state index contributed by atoms with van der Waals surface area (Å²) in [5.41, 5.74) is 4.03. The van der Waals surface area contributed by atoms with Crippen LogP contribution in [0.15, 0.2) is 35.3 Å². The third kappa shape index (κ3) is 5.13. The van der Waals surface area contributed by atoms with Gasteiger partial charge in [-0.15, -0.1) is 0 Å². The number of aliphatic imine (C=N–C) groups is 1. The van der Waals surface area contributed by atoms with Crippen LogP contribution in [-0.4, -0.2) is 29.3 Å². The van der Waals surface area contributed by atoms with Gasteiger partial charge in [0.25, 0.3) is 0 Å². The zero-order valence-electron chi connectivity index (χ0n) is 14.5. The van der Waals surface area contributed by atoms with E-state index in [0.717, 1.165) is 36.7 Å². The molecule has 0 aliphatic rings. The molecule has 1 aromatic carbocycles. The number of nitriles is 1. The van der Waals surface area contributed by atoms with Crippen LogP contribution in [-0.2, 0) is 13.1 Å². The number of hydrogen-bond donors (Lipinski definition) is 2. The summed E-state index contributed by atoms with van der Waals surface area (Å²) in [5, 5.41) is 19.8. The molecule has 0 aliphatic heterocycles. The highest BCUT2D eigenvalue weighted by Crippen LogP contribution is 2.03. The SMILES string of the molecule is CN=C(NCCCn1nc(C)cc1C)NCc1ccc(C#N)cc1. The highest BCUT2D eigenvalue weighted by molar-refractivity contribution is 5.79. The van der Waals surface area contributed by atoms with Crippen LogP contribution in [0.4, 0.5) is 0 Å². The summed E-state index contributed by atoms with van der Waals surface area (Å²) in [7, 11) is 1.76. The molecule has 0 atom stereocenters. The van der Waals surface area contributed by atoms with Crippen molar-refractivity contribution in [3.63, 3.8) is 0 Å². The van der Waals surface area contributed by atoms with Crippen molar-refractivity contribution in [1.82, 2.24) is 20.4 Å². The van der Waals surface area contributed by atoms with Crippen molar-refractivity contribution >= 4 is 5.96 Å². The van der Waals surface area contributed by atoms with Crippen molar-refractivity contribution in [2.45, 2.75) is 33.4 Å². The third-order valence-corrected chi connectivity index (χ3v) is 3.71. The van der Waals surface area contributed by atoms with E-state index in [1.165, 1.54) is 5.69 Å². The van der Waals surface area contributed by atoms with Gasteiger partial charge < -0.3 is 10.6 Å². The first-order valence-corrected chi connectivity index (χ1v) is 8.07. The average Bonchev–Trinajstić information content (AvgIpc) is 2.92. The molecule has 0 aliphatic carbocycles. The molecular formula is C18H24N6. The summed E-state index contributed by atoms with van der Waals surface area (Å²) in [6.07, 6.45) is 0.972. The van der Waals surface area contributed by atoms with Crippen molar-refractivity contribution in [1.29, 1.82) is 5.26 Å². The van der Waals surface area contributed by atoms with Gasteiger partial charge >= 0.3 is 0 Å². The van der Waals surface area contributed by atoms with Crippen molar-refractivity contribution in [2.24, 2.45) is 4.99 Å².